The molecule has 6 nitrogen and oxygen atoms in total. The van der Waals surface area contributed by atoms with Crippen LogP contribution in [0.15, 0.2) is 48.5 Å². The number of aryl methyl sites for hydroxylation is 1. The molecule has 26 heavy (non-hydrogen) atoms. The van der Waals surface area contributed by atoms with Gasteiger partial charge >= 0.3 is 6.03 Å². The van der Waals surface area contributed by atoms with Gasteiger partial charge in [-0.2, -0.15) is 0 Å². The number of aromatic nitrogens is 2. The highest BCUT2D eigenvalue weighted by Crippen LogP contribution is 2.19. The normalized spacial score (nSPS) is 10.4. The summed E-state index contributed by atoms with van der Waals surface area (Å²) in [6, 6.07) is 14.3. The van der Waals surface area contributed by atoms with E-state index < -0.39 is 6.03 Å². The number of carbonyl (C=O) groups excluding carboxylic acids is 1. The fourth-order valence-corrected chi connectivity index (χ4v) is 2.90. The number of nitrogens with zero attached hydrogens (tertiary/aromatic N) is 2. The Morgan fingerprint density at radius 1 is 1.08 bits per heavy atom. The molecule has 0 spiro atoms. The maximum absolute atomic E-state index is 12.0. The van der Waals surface area contributed by atoms with Gasteiger partial charge in [-0.15, -0.1) is 10.2 Å². The van der Waals surface area contributed by atoms with Crippen LogP contribution in [0.4, 0.5) is 15.6 Å². The Morgan fingerprint density at radius 3 is 2.50 bits per heavy atom. The van der Waals surface area contributed by atoms with E-state index in [2.05, 4.69) is 27.8 Å². The van der Waals surface area contributed by atoms with E-state index in [9.17, 15) is 4.79 Å². The zero-order valence-corrected chi connectivity index (χ0v) is 15.6. The largest absolute Gasteiger partial charge is 0.486 e. The van der Waals surface area contributed by atoms with Gasteiger partial charge in [-0.3, -0.25) is 5.32 Å². The molecule has 2 aromatic carbocycles. The predicted octanol–water partition coefficient (Wildman–Crippen LogP) is 4.98. The number of ether oxygens (including phenoxy) is 1. The van der Waals surface area contributed by atoms with Crippen LogP contribution in [0, 0.1) is 0 Å². The lowest BCUT2D eigenvalue weighted by Crippen LogP contribution is -2.19. The molecule has 0 saturated carbocycles. The van der Waals surface area contributed by atoms with E-state index in [1.54, 1.807) is 24.3 Å². The van der Waals surface area contributed by atoms with E-state index in [0.717, 1.165) is 12.2 Å². The summed E-state index contributed by atoms with van der Waals surface area (Å²) >= 11 is 7.07. The smallest absolute Gasteiger partial charge is 0.325 e. The Kier molecular flexibility index (Phi) is 6.04. The lowest BCUT2D eigenvalue weighted by molar-refractivity contribution is 0.262. The van der Waals surface area contributed by atoms with Crippen molar-refractivity contribution in [3.05, 3.63) is 64.1 Å². The van der Waals surface area contributed by atoms with Crippen molar-refractivity contribution in [1.82, 2.24) is 10.2 Å². The van der Waals surface area contributed by atoms with Crippen LogP contribution in [0.1, 0.15) is 17.5 Å². The molecule has 2 N–H and O–H groups in total. The molecule has 2 amide bonds. The van der Waals surface area contributed by atoms with Crippen LogP contribution >= 0.6 is 22.9 Å². The number of hydrogen-bond donors (Lipinski definition) is 2. The Balaban J connectivity index is 1.50. The molecule has 1 heterocycles. The molecule has 3 aromatic rings. The van der Waals surface area contributed by atoms with E-state index >= 15 is 0 Å². The van der Waals surface area contributed by atoms with Gasteiger partial charge in [-0.1, -0.05) is 42.0 Å². The van der Waals surface area contributed by atoms with Crippen molar-refractivity contribution >= 4 is 39.8 Å². The standard InChI is InChI=1S/C18H17ClN4O2S/c1-2-12-3-9-15(10-4-12)25-11-16-22-23-18(26-16)21-17(24)20-14-7-5-13(19)6-8-14/h3-10H,2,11H2,1H3,(H2,20,21,23,24). The summed E-state index contributed by atoms with van der Waals surface area (Å²) in [5.74, 6) is 0.771. The molecular formula is C18H17ClN4O2S. The molecule has 0 aliphatic carbocycles. The van der Waals surface area contributed by atoms with Crippen molar-refractivity contribution in [3.8, 4) is 5.75 Å². The first-order valence-electron chi connectivity index (χ1n) is 8.00. The van der Waals surface area contributed by atoms with Crippen molar-refractivity contribution in [1.29, 1.82) is 0 Å². The average Bonchev–Trinajstić information content (AvgIpc) is 3.09. The van der Waals surface area contributed by atoms with E-state index in [4.69, 9.17) is 16.3 Å². The molecule has 0 bridgehead atoms. The third-order valence-electron chi connectivity index (χ3n) is 3.48. The van der Waals surface area contributed by atoms with E-state index in [-0.39, 0.29) is 0 Å². The molecule has 1 aromatic heterocycles. The minimum absolute atomic E-state index is 0.295. The summed E-state index contributed by atoms with van der Waals surface area (Å²) in [5, 5.41) is 15.0. The van der Waals surface area contributed by atoms with E-state index in [0.29, 0.717) is 27.5 Å². The van der Waals surface area contributed by atoms with Gasteiger partial charge in [0.1, 0.15) is 12.4 Å². The summed E-state index contributed by atoms with van der Waals surface area (Å²) in [6.07, 6.45) is 0.990. The fraction of sp³-hybridized carbons (Fsp3) is 0.167. The van der Waals surface area contributed by atoms with Gasteiger partial charge in [-0.25, -0.2) is 4.79 Å². The fourth-order valence-electron chi connectivity index (χ4n) is 2.12. The molecule has 8 heteroatoms. The number of carbonyl (C=O) groups is 1. The minimum Gasteiger partial charge on any atom is -0.486 e. The average molecular weight is 389 g/mol. The number of rotatable bonds is 6. The third kappa shape index (κ3) is 5.18. The van der Waals surface area contributed by atoms with Gasteiger partial charge < -0.3 is 10.1 Å². The minimum atomic E-state index is -0.397. The molecule has 0 fully saturated rings. The molecule has 0 saturated heterocycles. The predicted molar refractivity (Wildman–Crippen MR) is 104 cm³/mol. The maximum atomic E-state index is 12.0. The molecule has 0 radical (unpaired) electrons. The highest BCUT2D eigenvalue weighted by atomic mass is 35.5. The summed E-state index contributed by atoms with van der Waals surface area (Å²) in [4.78, 5) is 12.0. The van der Waals surface area contributed by atoms with Crippen LogP contribution in [0.2, 0.25) is 5.02 Å². The molecule has 0 unspecified atom stereocenters. The first kappa shape index (κ1) is 18.2. The van der Waals surface area contributed by atoms with Gasteiger partial charge in [0.05, 0.1) is 0 Å². The Hall–Kier alpha value is -2.64. The molecular weight excluding hydrogens is 372 g/mol. The maximum Gasteiger partial charge on any atom is 0.325 e. The highest BCUT2D eigenvalue weighted by Gasteiger charge is 2.09. The number of halogens is 1. The summed E-state index contributed by atoms with van der Waals surface area (Å²) in [6.45, 7) is 2.40. The quantitative estimate of drug-likeness (QED) is 0.624. The van der Waals surface area contributed by atoms with Crippen molar-refractivity contribution in [2.75, 3.05) is 10.6 Å². The Bertz CT molecular complexity index is 866. The zero-order chi connectivity index (χ0) is 18.4. The van der Waals surface area contributed by atoms with Crippen LogP contribution in [0.25, 0.3) is 0 Å². The van der Waals surface area contributed by atoms with Gasteiger partial charge in [0.15, 0.2) is 5.01 Å². The van der Waals surface area contributed by atoms with Crippen LogP contribution < -0.4 is 15.4 Å². The third-order valence-corrected chi connectivity index (χ3v) is 4.55. The molecule has 134 valence electrons. The Labute approximate surface area is 160 Å². The second kappa shape index (κ2) is 8.64. The zero-order valence-electron chi connectivity index (χ0n) is 14.0. The van der Waals surface area contributed by atoms with Crippen molar-refractivity contribution < 1.29 is 9.53 Å². The number of hydrogen-bond acceptors (Lipinski definition) is 5. The van der Waals surface area contributed by atoms with Crippen LogP contribution in [-0.4, -0.2) is 16.2 Å². The second-order valence-corrected chi connectivity index (χ2v) is 6.87. The van der Waals surface area contributed by atoms with Gasteiger partial charge in [0.2, 0.25) is 5.13 Å². The molecule has 0 aliphatic rings. The molecule has 0 aliphatic heterocycles. The van der Waals surface area contributed by atoms with Gasteiger partial charge in [0, 0.05) is 10.7 Å². The number of nitrogens with one attached hydrogen (secondary N) is 2. The lowest BCUT2D eigenvalue weighted by Gasteiger charge is -2.05. The van der Waals surface area contributed by atoms with Gasteiger partial charge in [-0.05, 0) is 48.4 Å². The lowest BCUT2D eigenvalue weighted by atomic mass is 10.2. The number of urea groups is 1. The number of amides is 2. The van der Waals surface area contributed by atoms with Crippen LogP contribution in [0.3, 0.4) is 0 Å². The van der Waals surface area contributed by atoms with Crippen molar-refractivity contribution in [3.63, 3.8) is 0 Å². The van der Waals surface area contributed by atoms with Crippen molar-refractivity contribution in [2.45, 2.75) is 20.0 Å². The summed E-state index contributed by atoms with van der Waals surface area (Å²) < 4.78 is 5.68. The van der Waals surface area contributed by atoms with Crippen LogP contribution in [0.5, 0.6) is 5.75 Å². The topological polar surface area (TPSA) is 76.1 Å². The Morgan fingerprint density at radius 2 is 1.81 bits per heavy atom. The van der Waals surface area contributed by atoms with Gasteiger partial charge in [0.25, 0.3) is 0 Å². The van der Waals surface area contributed by atoms with Crippen molar-refractivity contribution in [2.24, 2.45) is 0 Å². The first-order chi connectivity index (χ1) is 12.6. The van der Waals surface area contributed by atoms with E-state index in [1.165, 1.54) is 16.9 Å². The summed E-state index contributed by atoms with van der Waals surface area (Å²) in [7, 11) is 0. The second-order valence-electron chi connectivity index (χ2n) is 5.37. The first-order valence-corrected chi connectivity index (χ1v) is 9.19. The SMILES string of the molecule is CCc1ccc(OCc2nnc(NC(=O)Nc3ccc(Cl)cc3)s2)cc1. The van der Waals surface area contributed by atoms with E-state index in [1.807, 2.05) is 24.3 Å². The number of benzene rings is 2. The number of anilines is 2. The van der Waals surface area contributed by atoms with Crippen LogP contribution in [-0.2, 0) is 13.0 Å². The molecule has 0 atom stereocenters. The molecule has 3 rings (SSSR count). The highest BCUT2D eigenvalue weighted by molar-refractivity contribution is 7.15. The monoisotopic (exact) mass is 388 g/mol. The summed E-state index contributed by atoms with van der Waals surface area (Å²) in [5.41, 5.74) is 1.89.